The Balaban J connectivity index is 1.32. The van der Waals surface area contributed by atoms with Crippen molar-refractivity contribution >= 4 is 87.8 Å². The highest BCUT2D eigenvalue weighted by Crippen LogP contribution is 2.34. The van der Waals surface area contributed by atoms with E-state index in [0.29, 0.717) is 22.7 Å². The molecular formula is C35H28N6O5S2. The fraction of sp³-hybridized carbons (Fsp3) is 0.0286. The van der Waals surface area contributed by atoms with Crippen LogP contribution in [0.1, 0.15) is 11.1 Å². The zero-order valence-corrected chi connectivity index (χ0v) is 27.0. The maximum Gasteiger partial charge on any atom is 0.295 e. The number of hydrogen-bond acceptors (Lipinski definition) is 10. The lowest BCUT2D eigenvalue weighted by molar-refractivity contribution is 0.483. The molecule has 0 aliphatic rings. The summed E-state index contributed by atoms with van der Waals surface area (Å²) in [7, 11) is -8.46. The van der Waals surface area contributed by atoms with E-state index in [2.05, 4.69) is 20.5 Å². The molecule has 0 unspecified atom stereocenters. The van der Waals surface area contributed by atoms with Gasteiger partial charge in [0, 0.05) is 39.2 Å². The van der Waals surface area contributed by atoms with Crippen molar-refractivity contribution in [1.29, 1.82) is 0 Å². The van der Waals surface area contributed by atoms with Crippen LogP contribution in [0.4, 0.5) is 34.1 Å². The van der Waals surface area contributed by atoms with Crippen molar-refractivity contribution in [2.24, 2.45) is 20.5 Å². The molecule has 48 heavy (non-hydrogen) atoms. The molecule has 0 saturated heterocycles. The van der Waals surface area contributed by atoms with Gasteiger partial charge in [-0.25, -0.2) is 8.42 Å². The second-order valence-electron chi connectivity index (χ2n) is 10.9. The van der Waals surface area contributed by atoms with Crippen molar-refractivity contribution in [1.82, 2.24) is 0 Å². The number of nitrogen functional groups attached to an aromatic ring is 2. The molecule has 0 heterocycles. The molecule has 240 valence electrons. The number of hydrogen-bond donors (Lipinski definition) is 3. The van der Waals surface area contributed by atoms with E-state index in [1.807, 2.05) is 48.5 Å². The lowest BCUT2D eigenvalue weighted by Crippen LogP contribution is -2.01. The third kappa shape index (κ3) is 6.83. The van der Waals surface area contributed by atoms with Gasteiger partial charge in [0.15, 0.2) is 9.84 Å². The maximum absolute atomic E-state index is 12.8. The van der Waals surface area contributed by atoms with Crippen LogP contribution < -0.4 is 11.5 Å². The molecule has 6 rings (SSSR count). The standard InChI is InChI=1S/C35H28N6O5S2/c1-47(42,43)34-20-24(38-40-32-18-16-30(36)26-6-2-4-8-28(26)32)14-12-22(34)10-11-23-13-15-25(21-35(23)48(44,45)46)39-41-33-19-17-31(37)27-7-3-5-9-29(27)33/h2-21H,36-37H2,1H3,(H,44,45,46)/b11-10-,40-38?,41-39?. The summed E-state index contributed by atoms with van der Waals surface area (Å²) in [5, 5.41) is 20.2. The first-order valence-corrected chi connectivity index (χ1v) is 17.7. The molecule has 0 amide bonds. The number of fused-ring (bicyclic) bond motifs is 2. The summed E-state index contributed by atoms with van der Waals surface area (Å²) >= 11 is 0. The Labute approximate surface area is 276 Å². The number of azo groups is 2. The van der Waals surface area contributed by atoms with Crippen LogP contribution in [0, 0.1) is 0 Å². The van der Waals surface area contributed by atoms with Crippen molar-refractivity contribution in [2.45, 2.75) is 9.79 Å². The predicted molar refractivity (Wildman–Crippen MR) is 190 cm³/mol. The Morgan fingerprint density at radius 2 is 0.958 bits per heavy atom. The van der Waals surface area contributed by atoms with Gasteiger partial charge in [0.2, 0.25) is 0 Å². The van der Waals surface area contributed by atoms with Crippen LogP contribution in [0.15, 0.2) is 139 Å². The number of benzene rings is 6. The first-order valence-electron chi connectivity index (χ1n) is 14.4. The molecule has 6 aromatic rings. The lowest BCUT2D eigenvalue weighted by atomic mass is 10.1. The van der Waals surface area contributed by atoms with Crippen molar-refractivity contribution in [3.05, 3.63) is 120 Å². The van der Waals surface area contributed by atoms with Gasteiger partial charge in [-0.1, -0.05) is 72.8 Å². The molecule has 0 saturated carbocycles. The largest absolute Gasteiger partial charge is 0.398 e. The Morgan fingerprint density at radius 3 is 1.40 bits per heavy atom. The van der Waals surface area contributed by atoms with Gasteiger partial charge in [0.1, 0.15) is 4.90 Å². The van der Waals surface area contributed by atoms with E-state index in [1.54, 1.807) is 30.3 Å². The van der Waals surface area contributed by atoms with Gasteiger partial charge < -0.3 is 11.5 Å². The average molecular weight is 677 g/mol. The molecular weight excluding hydrogens is 649 g/mol. The van der Waals surface area contributed by atoms with E-state index >= 15 is 0 Å². The monoisotopic (exact) mass is 676 g/mol. The van der Waals surface area contributed by atoms with Crippen molar-refractivity contribution < 1.29 is 21.4 Å². The van der Waals surface area contributed by atoms with E-state index < -0.39 is 24.9 Å². The quantitative estimate of drug-likeness (QED) is 0.0621. The van der Waals surface area contributed by atoms with Gasteiger partial charge in [-0.3, -0.25) is 4.55 Å². The smallest absolute Gasteiger partial charge is 0.295 e. The third-order valence-corrected chi connectivity index (χ3v) is 9.59. The average Bonchev–Trinajstić information content (AvgIpc) is 3.06. The maximum atomic E-state index is 12.8. The minimum absolute atomic E-state index is 0.0492. The van der Waals surface area contributed by atoms with Crippen LogP contribution in [0.2, 0.25) is 0 Å². The van der Waals surface area contributed by atoms with E-state index in [4.69, 9.17) is 11.5 Å². The minimum Gasteiger partial charge on any atom is -0.398 e. The van der Waals surface area contributed by atoms with Gasteiger partial charge in [0.25, 0.3) is 10.1 Å². The summed E-state index contributed by atoms with van der Waals surface area (Å²) in [6, 6.07) is 30.4. The number of nitrogens with zero attached hydrogens (tertiary/aromatic N) is 4. The normalized spacial score (nSPS) is 12.6. The summed E-state index contributed by atoms with van der Waals surface area (Å²) in [5.74, 6) is 0. The Kier molecular flexibility index (Phi) is 8.58. The van der Waals surface area contributed by atoms with Crippen molar-refractivity contribution in [2.75, 3.05) is 17.7 Å². The predicted octanol–water partition coefficient (Wildman–Crippen LogP) is 8.81. The van der Waals surface area contributed by atoms with E-state index in [1.165, 1.54) is 42.5 Å². The highest BCUT2D eigenvalue weighted by molar-refractivity contribution is 7.90. The molecule has 6 aromatic carbocycles. The number of nitrogens with two attached hydrogens (primary N) is 2. The Hall–Kier alpha value is -5.76. The topological polar surface area (TPSA) is 190 Å². The molecule has 0 bridgehead atoms. The van der Waals surface area contributed by atoms with Crippen LogP contribution in [0.25, 0.3) is 33.7 Å². The first kappa shape index (κ1) is 32.2. The fourth-order valence-corrected chi connectivity index (χ4v) is 6.78. The summed E-state index contributed by atoms with van der Waals surface area (Å²) in [6.45, 7) is 0. The van der Waals surface area contributed by atoms with Crippen LogP contribution in [-0.4, -0.2) is 27.6 Å². The SMILES string of the molecule is CS(=O)(=O)c1cc(N=Nc2ccc(N)c3ccccc23)ccc1/C=C\c1ccc(N=Nc2ccc(N)c3ccccc23)cc1S(=O)(=O)O. The van der Waals surface area contributed by atoms with Crippen LogP contribution in [0.3, 0.4) is 0 Å². The summed E-state index contributed by atoms with van der Waals surface area (Å²) < 4.78 is 60.3. The molecule has 0 aliphatic carbocycles. The van der Waals surface area contributed by atoms with Gasteiger partial charge in [-0.15, -0.1) is 10.2 Å². The molecule has 11 nitrogen and oxygen atoms in total. The molecule has 0 fully saturated rings. The summed E-state index contributed by atoms with van der Waals surface area (Å²) in [4.78, 5) is -0.480. The minimum atomic E-state index is -4.70. The molecule has 5 N–H and O–H groups in total. The highest BCUT2D eigenvalue weighted by Gasteiger charge is 2.17. The summed E-state index contributed by atoms with van der Waals surface area (Å²) in [5.41, 5.74) is 15.2. The van der Waals surface area contributed by atoms with Crippen LogP contribution in [0.5, 0.6) is 0 Å². The molecule has 0 aromatic heterocycles. The number of rotatable bonds is 8. The summed E-state index contributed by atoms with van der Waals surface area (Å²) in [6.07, 6.45) is 3.89. The molecule has 0 aliphatic heterocycles. The van der Waals surface area contributed by atoms with Gasteiger partial charge in [-0.05, 0) is 59.7 Å². The van der Waals surface area contributed by atoms with Crippen molar-refractivity contribution in [3.8, 4) is 0 Å². The van der Waals surface area contributed by atoms with E-state index in [0.717, 1.165) is 27.8 Å². The van der Waals surface area contributed by atoms with Crippen LogP contribution in [-0.2, 0) is 20.0 Å². The van der Waals surface area contributed by atoms with Crippen molar-refractivity contribution in [3.63, 3.8) is 0 Å². The van der Waals surface area contributed by atoms with Gasteiger partial charge >= 0.3 is 0 Å². The molecule has 0 radical (unpaired) electrons. The second-order valence-corrected chi connectivity index (χ2v) is 14.2. The van der Waals surface area contributed by atoms with Gasteiger partial charge in [0.05, 0.1) is 27.6 Å². The molecule has 0 spiro atoms. The van der Waals surface area contributed by atoms with E-state index in [-0.39, 0.29) is 27.4 Å². The third-order valence-electron chi connectivity index (χ3n) is 7.53. The molecule has 0 atom stereocenters. The number of anilines is 2. The zero-order chi connectivity index (χ0) is 34.1. The Morgan fingerprint density at radius 1 is 0.542 bits per heavy atom. The Bertz CT molecular complexity index is 2370. The highest BCUT2D eigenvalue weighted by atomic mass is 32.2. The van der Waals surface area contributed by atoms with Crippen LogP contribution >= 0.6 is 0 Å². The molecule has 13 heteroatoms. The fourth-order valence-electron chi connectivity index (χ4n) is 5.18. The number of sulfone groups is 1. The van der Waals surface area contributed by atoms with Gasteiger partial charge in [-0.2, -0.15) is 18.6 Å². The lowest BCUT2D eigenvalue weighted by Gasteiger charge is -2.07. The zero-order valence-electron chi connectivity index (χ0n) is 25.4. The second kappa shape index (κ2) is 12.8. The first-order chi connectivity index (χ1) is 22.9. The van der Waals surface area contributed by atoms with E-state index in [9.17, 15) is 21.4 Å².